The Kier molecular flexibility index (Phi) is 3.22. The van der Waals surface area contributed by atoms with Crippen LogP contribution < -0.4 is 0 Å². The summed E-state index contributed by atoms with van der Waals surface area (Å²) in [6.07, 6.45) is 5.75. The molecule has 1 heterocycles. The number of hydrogen-bond acceptors (Lipinski definition) is 1. The van der Waals surface area contributed by atoms with E-state index in [9.17, 15) is 0 Å². The summed E-state index contributed by atoms with van der Waals surface area (Å²) in [6.45, 7) is 7.77. The maximum atomic E-state index is 2.50. The third kappa shape index (κ3) is 2.69. The van der Waals surface area contributed by atoms with Crippen molar-refractivity contribution in [2.24, 2.45) is 0 Å². The van der Waals surface area contributed by atoms with Crippen molar-refractivity contribution < 1.29 is 0 Å². The Labute approximate surface area is 92.4 Å². The lowest BCUT2D eigenvalue weighted by molar-refractivity contribution is 0.290. The van der Waals surface area contributed by atoms with E-state index in [0.717, 1.165) is 13.1 Å². The van der Waals surface area contributed by atoms with Gasteiger partial charge >= 0.3 is 0 Å². The van der Waals surface area contributed by atoms with E-state index in [2.05, 4.69) is 49.1 Å². The Morgan fingerprint density at radius 1 is 1.20 bits per heavy atom. The van der Waals surface area contributed by atoms with Crippen LogP contribution in [0.3, 0.4) is 0 Å². The molecule has 0 fully saturated rings. The molecule has 1 aliphatic heterocycles. The number of nitrogens with zero attached hydrogens (tertiary/aromatic N) is 1. The van der Waals surface area contributed by atoms with Crippen molar-refractivity contribution in [3.8, 4) is 0 Å². The van der Waals surface area contributed by atoms with Gasteiger partial charge in [-0.05, 0) is 31.4 Å². The average molecular weight is 201 g/mol. The molecular formula is C14H19N. The van der Waals surface area contributed by atoms with E-state index in [1.165, 1.54) is 29.7 Å². The summed E-state index contributed by atoms with van der Waals surface area (Å²) in [5, 5.41) is 0. The molecule has 0 aliphatic carbocycles. The first-order valence-corrected chi connectivity index (χ1v) is 5.69. The van der Waals surface area contributed by atoms with Gasteiger partial charge in [0.15, 0.2) is 0 Å². The molecule has 0 atom stereocenters. The van der Waals surface area contributed by atoms with Gasteiger partial charge < -0.3 is 0 Å². The summed E-state index contributed by atoms with van der Waals surface area (Å²) < 4.78 is 0. The second-order valence-corrected chi connectivity index (χ2v) is 4.43. The highest BCUT2D eigenvalue weighted by Gasteiger charge is 2.08. The average Bonchev–Trinajstić information content (AvgIpc) is 2.25. The number of benzene rings is 1. The molecule has 0 unspecified atom stereocenters. The van der Waals surface area contributed by atoms with Crippen LogP contribution in [0.4, 0.5) is 0 Å². The maximum Gasteiger partial charge on any atom is 0.0239 e. The Balaban J connectivity index is 2.09. The molecule has 1 aromatic carbocycles. The summed E-state index contributed by atoms with van der Waals surface area (Å²) in [5.41, 5.74) is 4.25. The first-order chi connectivity index (χ1) is 7.25. The first-order valence-electron chi connectivity index (χ1n) is 5.69. The standard InChI is InChI=1S/C14H19N/c1-12-6-7-13(2)14(10-12)11-15-8-4-3-5-9-15/h3-4,6-7,10H,5,8-9,11H2,1-2H3. The molecule has 1 aliphatic rings. The van der Waals surface area contributed by atoms with E-state index in [4.69, 9.17) is 0 Å². The minimum Gasteiger partial charge on any atom is -0.295 e. The Hall–Kier alpha value is -1.08. The molecular weight excluding hydrogens is 182 g/mol. The van der Waals surface area contributed by atoms with Crippen LogP contribution in [0, 0.1) is 13.8 Å². The molecule has 1 heteroatoms. The van der Waals surface area contributed by atoms with Crippen molar-refractivity contribution >= 4 is 0 Å². The van der Waals surface area contributed by atoms with Crippen molar-refractivity contribution in [1.29, 1.82) is 0 Å². The van der Waals surface area contributed by atoms with Crippen molar-refractivity contribution in [2.75, 3.05) is 13.1 Å². The molecule has 1 nitrogen and oxygen atoms in total. The van der Waals surface area contributed by atoms with Gasteiger partial charge in [0.25, 0.3) is 0 Å². The van der Waals surface area contributed by atoms with E-state index < -0.39 is 0 Å². The zero-order valence-electron chi connectivity index (χ0n) is 9.66. The van der Waals surface area contributed by atoms with E-state index in [1.54, 1.807) is 0 Å². The predicted molar refractivity (Wildman–Crippen MR) is 65.0 cm³/mol. The van der Waals surface area contributed by atoms with Gasteiger partial charge in [-0.1, -0.05) is 35.9 Å². The molecule has 15 heavy (non-hydrogen) atoms. The van der Waals surface area contributed by atoms with Gasteiger partial charge in [-0.15, -0.1) is 0 Å². The molecule has 0 aromatic heterocycles. The quantitative estimate of drug-likeness (QED) is 0.665. The molecule has 0 N–H and O–H groups in total. The molecule has 0 spiro atoms. The molecule has 0 saturated carbocycles. The summed E-state index contributed by atoms with van der Waals surface area (Å²) in [7, 11) is 0. The number of rotatable bonds is 2. The third-order valence-electron chi connectivity index (χ3n) is 3.04. The molecule has 2 rings (SSSR count). The molecule has 0 radical (unpaired) electrons. The smallest absolute Gasteiger partial charge is 0.0239 e. The fraction of sp³-hybridized carbons (Fsp3) is 0.429. The van der Waals surface area contributed by atoms with Crippen molar-refractivity contribution in [3.63, 3.8) is 0 Å². The fourth-order valence-electron chi connectivity index (χ4n) is 2.04. The summed E-state index contributed by atoms with van der Waals surface area (Å²) in [6, 6.07) is 6.73. The van der Waals surface area contributed by atoms with Gasteiger partial charge in [0.05, 0.1) is 0 Å². The summed E-state index contributed by atoms with van der Waals surface area (Å²) in [4.78, 5) is 2.50. The van der Waals surface area contributed by atoms with E-state index >= 15 is 0 Å². The second-order valence-electron chi connectivity index (χ2n) is 4.43. The van der Waals surface area contributed by atoms with Gasteiger partial charge in [0, 0.05) is 19.6 Å². The lowest BCUT2D eigenvalue weighted by Crippen LogP contribution is -2.26. The topological polar surface area (TPSA) is 3.24 Å². The minimum atomic E-state index is 1.10. The van der Waals surface area contributed by atoms with Gasteiger partial charge in [0.2, 0.25) is 0 Å². The second kappa shape index (κ2) is 4.63. The van der Waals surface area contributed by atoms with Crippen LogP contribution >= 0.6 is 0 Å². The van der Waals surface area contributed by atoms with Gasteiger partial charge in [-0.2, -0.15) is 0 Å². The highest BCUT2D eigenvalue weighted by molar-refractivity contribution is 5.30. The van der Waals surface area contributed by atoms with Crippen LogP contribution in [0.25, 0.3) is 0 Å². The van der Waals surface area contributed by atoms with Crippen LogP contribution in [0.2, 0.25) is 0 Å². The lowest BCUT2D eigenvalue weighted by atomic mass is 10.0. The molecule has 1 aromatic rings. The maximum absolute atomic E-state index is 2.50. The van der Waals surface area contributed by atoms with Crippen molar-refractivity contribution in [3.05, 3.63) is 47.0 Å². The molecule has 80 valence electrons. The Morgan fingerprint density at radius 2 is 2.07 bits per heavy atom. The fourth-order valence-corrected chi connectivity index (χ4v) is 2.04. The first kappa shape index (κ1) is 10.4. The molecule has 0 bridgehead atoms. The minimum absolute atomic E-state index is 1.10. The van der Waals surface area contributed by atoms with Crippen LogP contribution in [0.5, 0.6) is 0 Å². The van der Waals surface area contributed by atoms with Crippen LogP contribution in [-0.2, 0) is 6.54 Å². The van der Waals surface area contributed by atoms with Gasteiger partial charge in [-0.25, -0.2) is 0 Å². The Bertz CT molecular complexity index is 366. The third-order valence-corrected chi connectivity index (χ3v) is 3.04. The molecule has 0 saturated heterocycles. The summed E-state index contributed by atoms with van der Waals surface area (Å²) in [5.74, 6) is 0. The zero-order valence-corrected chi connectivity index (χ0v) is 9.66. The predicted octanol–water partition coefficient (Wildman–Crippen LogP) is 3.07. The normalized spacial score (nSPS) is 16.9. The van der Waals surface area contributed by atoms with E-state index in [-0.39, 0.29) is 0 Å². The van der Waals surface area contributed by atoms with Gasteiger partial charge in [0.1, 0.15) is 0 Å². The SMILES string of the molecule is Cc1ccc(C)c(CN2CC=CCC2)c1. The Morgan fingerprint density at radius 3 is 2.80 bits per heavy atom. The zero-order chi connectivity index (χ0) is 10.7. The van der Waals surface area contributed by atoms with Crippen LogP contribution in [0.15, 0.2) is 30.4 Å². The number of hydrogen-bond donors (Lipinski definition) is 0. The van der Waals surface area contributed by atoms with Crippen molar-refractivity contribution in [1.82, 2.24) is 4.90 Å². The lowest BCUT2D eigenvalue weighted by Gasteiger charge is -2.24. The van der Waals surface area contributed by atoms with Crippen LogP contribution in [0.1, 0.15) is 23.1 Å². The van der Waals surface area contributed by atoms with Crippen LogP contribution in [-0.4, -0.2) is 18.0 Å². The largest absolute Gasteiger partial charge is 0.295 e. The summed E-state index contributed by atoms with van der Waals surface area (Å²) >= 11 is 0. The van der Waals surface area contributed by atoms with E-state index in [0.29, 0.717) is 0 Å². The highest BCUT2D eigenvalue weighted by atomic mass is 15.1. The highest BCUT2D eigenvalue weighted by Crippen LogP contribution is 2.14. The monoisotopic (exact) mass is 201 g/mol. The number of aryl methyl sites for hydroxylation is 2. The van der Waals surface area contributed by atoms with Crippen molar-refractivity contribution in [2.45, 2.75) is 26.8 Å². The van der Waals surface area contributed by atoms with E-state index in [1.807, 2.05) is 0 Å². The van der Waals surface area contributed by atoms with Gasteiger partial charge in [-0.3, -0.25) is 4.90 Å². The molecule has 0 amide bonds.